The van der Waals surface area contributed by atoms with E-state index in [1.807, 2.05) is 12.1 Å². The highest BCUT2D eigenvalue weighted by Gasteiger charge is 2.11. The van der Waals surface area contributed by atoms with Crippen molar-refractivity contribution in [2.45, 2.75) is 12.8 Å². The van der Waals surface area contributed by atoms with Crippen LogP contribution in [0.5, 0.6) is 0 Å². The summed E-state index contributed by atoms with van der Waals surface area (Å²) in [5.74, 6) is 0. The monoisotopic (exact) mass is 145 g/mol. The summed E-state index contributed by atoms with van der Waals surface area (Å²) in [6.45, 7) is 0. The Morgan fingerprint density at radius 1 is 1.36 bits per heavy atom. The molecule has 0 saturated carbocycles. The van der Waals surface area contributed by atoms with Gasteiger partial charge in [-0.3, -0.25) is 0 Å². The highest BCUT2D eigenvalue weighted by atomic mass is 14.6. The van der Waals surface area contributed by atoms with Crippen molar-refractivity contribution in [2.75, 3.05) is 0 Å². The molecule has 0 heterocycles. The molecule has 0 bridgehead atoms. The number of hydrogen-bond acceptors (Lipinski definition) is 3. The van der Waals surface area contributed by atoms with E-state index in [1.165, 1.54) is 0 Å². The fraction of sp³-hybridized carbons (Fsp3) is 0.250. The molecule has 0 aliphatic heterocycles. The van der Waals surface area contributed by atoms with Crippen molar-refractivity contribution >= 4 is 0 Å². The van der Waals surface area contributed by atoms with Gasteiger partial charge in [-0.25, -0.2) is 0 Å². The van der Waals surface area contributed by atoms with E-state index in [-0.39, 0.29) is 0 Å². The van der Waals surface area contributed by atoms with Crippen LogP contribution < -0.4 is 5.73 Å². The first-order valence-electron chi connectivity index (χ1n) is 3.29. The number of hydrogen-bond donors (Lipinski definition) is 1. The molecule has 3 nitrogen and oxygen atoms in total. The van der Waals surface area contributed by atoms with Crippen LogP contribution in [0.4, 0.5) is 0 Å². The molecular weight excluding hydrogens is 138 g/mol. The Hall–Kier alpha value is -1.74. The van der Waals surface area contributed by atoms with Crippen LogP contribution in [0.3, 0.4) is 0 Å². The van der Waals surface area contributed by atoms with Crippen LogP contribution in [-0.4, -0.2) is 0 Å². The molecule has 1 aliphatic carbocycles. The Kier molecular flexibility index (Phi) is 1.94. The van der Waals surface area contributed by atoms with Crippen LogP contribution in [0.2, 0.25) is 0 Å². The summed E-state index contributed by atoms with van der Waals surface area (Å²) in [4.78, 5) is 0. The van der Waals surface area contributed by atoms with Gasteiger partial charge in [0.25, 0.3) is 0 Å². The number of nitrogens with zero attached hydrogens (tertiary/aromatic N) is 2. The van der Waals surface area contributed by atoms with Crippen molar-refractivity contribution in [1.82, 2.24) is 0 Å². The number of allylic oxidation sites excluding steroid dienone is 3. The lowest BCUT2D eigenvalue weighted by Crippen LogP contribution is -2.07. The van der Waals surface area contributed by atoms with Gasteiger partial charge in [0.15, 0.2) is 0 Å². The first kappa shape index (κ1) is 7.37. The average molecular weight is 145 g/mol. The van der Waals surface area contributed by atoms with Gasteiger partial charge in [0.1, 0.15) is 6.07 Å². The van der Waals surface area contributed by atoms with Gasteiger partial charge in [-0.05, 0) is 12.8 Å². The Morgan fingerprint density at radius 2 is 2.09 bits per heavy atom. The Labute approximate surface area is 65.0 Å². The predicted octanol–water partition coefficient (Wildman–Crippen LogP) is 0.967. The maximum absolute atomic E-state index is 8.55. The van der Waals surface area contributed by atoms with Gasteiger partial charge in [0.05, 0.1) is 22.9 Å². The fourth-order valence-electron chi connectivity index (χ4n) is 0.990. The molecule has 0 spiro atoms. The molecule has 54 valence electrons. The Balaban J connectivity index is 3.07. The molecule has 2 N–H and O–H groups in total. The van der Waals surface area contributed by atoms with Crippen LogP contribution in [0.1, 0.15) is 12.8 Å². The maximum Gasteiger partial charge on any atom is 0.101 e. The minimum Gasteiger partial charge on any atom is -0.397 e. The molecule has 0 aromatic carbocycles. The molecule has 1 rings (SSSR count). The first-order valence-corrected chi connectivity index (χ1v) is 3.29. The summed E-state index contributed by atoms with van der Waals surface area (Å²) in [5.41, 5.74) is 6.83. The zero-order chi connectivity index (χ0) is 8.27. The number of nitrogens with two attached hydrogens (primary N) is 1. The third kappa shape index (κ3) is 1.22. The summed E-state index contributed by atoms with van der Waals surface area (Å²) >= 11 is 0. The van der Waals surface area contributed by atoms with E-state index in [4.69, 9.17) is 16.3 Å². The molecule has 0 aromatic heterocycles. The molecule has 11 heavy (non-hydrogen) atoms. The van der Waals surface area contributed by atoms with Gasteiger partial charge >= 0.3 is 0 Å². The molecule has 0 atom stereocenters. The van der Waals surface area contributed by atoms with E-state index in [2.05, 4.69) is 0 Å². The summed E-state index contributed by atoms with van der Waals surface area (Å²) in [5, 5.41) is 17.1. The smallest absolute Gasteiger partial charge is 0.101 e. The zero-order valence-corrected chi connectivity index (χ0v) is 5.96. The number of nitriles is 2. The van der Waals surface area contributed by atoms with Crippen LogP contribution in [0.25, 0.3) is 0 Å². The second-order valence-corrected chi connectivity index (χ2v) is 2.27. The van der Waals surface area contributed by atoms with Gasteiger partial charge in [-0.1, -0.05) is 6.08 Å². The van der Waals surface area contributed by atoms with E-state index in [0.717, 1.165) is 6.42 Å². The van der Waals surface area contributed by atoms with E-state index in [1.54, 1.807) is 6.08 Å². The van der Waals surface area contributed by atoms with Crippen LogP contribution in [0.15, 0.2) is 22.9 Å². The highest BCUT2D eigenvalue weighted by molar-refractivity contribution is 5.48. The van der Waals surface area contributed by atoms with Crippen molar-refractivity contribution in [1.29, 1.82) is 10.5 Å². The van der Waals surface area contributed by atoms with Gasteiger partial charge in [-0.2, -0.15) is 10.5 Å². The third-order valence-corrected chi connectivity index (χ3v) is 1.61. The zero-order valence-electron chi connectivity index (χ0n) is 5.96. The maximum atomic E-state index is 8.55. The highest BCUT2D eigenvalue weighted by Crippen LogP contribution is 2.19. The normalized spacial score (nSPS) is 16.7. The lowest BCUT2D eigenvalue weighted by Gasteiger charge is -2.07. The summed E-state index contributed by atoms with van der Waals surface area (Å²) in [7, 11) is 0. The lowest BCUT2D eigenvalue weighted by atomic mass is 9.98. The van der Waals surface area contributed by atoms with E-state index in [0.29, 0.717) is 23.3 Å². The molecule has 0 saturated heterocycles. The molecule has 0 amide bonds. The molecule has 0 unspecified atom stereocenters. The van der Waals surface area contributed by atoms with Gasteiger partial charge in [0, 0.05) is 0 Å². The predicted molar refractivity (Wildman–Crippen MR) is 39.8 cm³/mol. The molecular formula is C8H7N3. The quantitative estimate of drug-likeness (QED) is 0.551. The topological polar surface area (TPSA) is 73.6 Å². The second-order valence-electron chi connectivity index (χ2n) is 2.27. The molecule has 1 aliphatic rings. The van der Waals surface area contributed by atoms with Crippen molar-refractivity contribution in [3.8, 4) is 12.1 Å². The van der Waals surface area contributed by atoms with Gasteiger partial charge < -0.3 is 5.73 Å². The second kappa shape index (κ2) is 2.90. The lowest BCUT2D eigenvalue weighted by molar-refractivity contribution is 0.953. The minimum atomic E-state index is 0.348. The van der Waals surface area contributed by atoms with Crippen molar-refractivity contribution in [3.05, 3.63) is 22.9 Å². The van der Waals surface area contributed by atoms with Gasteiger partial charge in [-0.15, -0.1) is 0 Å². The fourth-order valence-corrected chi connectivity index (χ4v) is 0.990. The van der Waals surface area contributed by atoms with Crippen LogP contribution >= 0.6 is 0 Å². The van der Waals surface area contributed by atoms with Gasteiger partial charge in [0.2, 0.25) is 0 Å². The van der Waals surface area contributed by atoms with E-state index in [9.17, 15) is 0 Å². The summed E-state index contributed by atoms with van der Waals surface area (Å²) in [6, 6.07) is 3.93. The van der Waals surface area contributed by atoms with Crippen molar-refractivity contribution in [3.63, 3.8) is 0 Å². The molecule has 0 aromatic rings. The SMILES string of the molecule is N#CC1=CCCC(C#N)=C1N. The Morgan fingerprint density at radius 3 is 2.64 bits per heavy atom. The molecule has 0 radical (unpaired) electrons. The molecule has 3 heteroatoms. The molecule has 0 fully saturated rings. The largest absolute Gasteiger partial charge is 0.397 e. The van der Waals surface area contributed by atoms with E-state index >= 15 is 0 Å². The van der Waals surface area contributed by atoms with Crippen LogP contribution in [0, 0.1) is 22.7 Å². The van der Waals surface area contributed by atoms with E-state index < -0.39 is 0 Å². The summed E-state index contributed by atoms with van der Waals surface area (Å²) in [6.07, 6.45) is 3.16. The van der Waals surface area contributed by atoms with Crippen molar-refractivity contribution in [2.24, 2.45) is 5.73 Å². The minimum absolute atomic E-state index is 0.348. The standard InChI is InChI=1S/C8H7N3/c9-4-6-2-1-3-7(5-10)8(6)11/h2H,1,3,11H2. The van der Waals surface area contributed by atoms with Crippen LogP contribution in [-0.2, 0) is 0 Å². The number of rotatable bonds is 0. The Bertz CT molecular complexity index is 309. The first-order chi connectivity index (χ1) is 5.29. The average Bonchev–Trinajstić information content (AvgIpc) is 2.05. The summed E-state index contributed by atoms with van der Waals surface area (Å²) < 4.78 is 0. The van der Waals surface area contributed by atoms with Crippen molar-refractivity contribution < 1.29 is 0 Å². The third-order valence-electron chi connectivity index (χ3n) is 1.61.